The van der Waals surface area contributed by atoms with Crippen molar-refractivity contribution in [2.75, 3.05) is 6.61 Å². The SMILES string of the molecule is Cc1ccc(OCc2nc(C(=O)OCC(=O)c3cc(C)ccc3C)cs2)cc1. The van der Waals surface area contributed by atoms with Gasteiger partial charge in [-0.25, -0.2) is 9.78 Å². The Morgan fingerprint density at radius 2 is 1.71 bits per heavy atom. The number of ketones is 1. The highest BCUT2D eigenvalue weighted by Gasteiger charge is 2.16. The van der Waals surface area contributed by atoms with Crippen LogP contribution in [0.4, 0.5) is 0 Å². The van der Waals surface area contributed by atoms with Crippen molar-refractivity contribution in [2.24, 2.45) is 0 Å². The monoisotopic (exact) mass is 395 g/mol. The number of nitrogens with zero attached hydrogens (tertiary/aromatic N) is 1. The van der Waals surface area contributed by atoms with E-state index >= 15 is 0 Å². The molecule has 0 N–H and O–H groups in total. The van der Waals surface area contributed by atoms with Crippen LogP contribution in [0.25, 0.3) is 0 Å². The van der Waals surface area contributed by atoms with Gasteiger partial charge in [0.1, 0.15) is 17.4 Å². The molecule has 6 heteroatoms. The molecule has 5 nitrogen and oxygen atoms in total. The molecule has 0 radical (unpaired) electrons. The number of hydrogen-bond donors (Lipinski definition) is 0. The Hall–Kier alpha value is -2.99. The Kier molecular flexibility index (Phi) is 6.21. The minimum absolute atomic E-state index is 0.182. The summed E-state index contributed by atoms with van der Waals surface area (Å²) in [4.78, 5) is 28.7. The molecule has 0 fully saturated rings. The minimum Gasteiger partial charge on any atom is -0.486 e. The lowest BCUT2D eigenvalue weighted by Gasteiger charge is -2.07. The molecular formula is C22H21NO4S. The standard InChI is InChI=1S/C22H21NO4S/c1-14-5-8-17(9-6-14)26-12-21-23-19(13-28-21)22(25)27-11-20(24)18-10-15(2)4-7-16(18)3/h4-10,13H,11-12H2,1-3H3. The van der Waals surface area contributed by atoms with Crippen LogP contribution in [-0.4, -0.2) is 23.3 Å². The van der Waals surface area contributed by atoms with Crippen molar-refractivity contribution in [2.45, 2.75) is 27.4 Å². The van der Waals surface area contributed by atoms with Gasteiger partial charge in [0.05, 0.1) is 0 Å². The topological polar surface area (TPSA) is 65.5 Å². The molecule has 0 aliphatic heterocycles. The lowest BCUT2D eigenvalue weighted by atomic mass is 10.0. The van der Waals surface area contributed by atoms with Crippen molar-refractivity contribution in [3.05, 3.63) is 80.8 Å². The molecule has 28 heavy (non-hydrogen) atoms. The minimum atomic E-state index is -0.614. The Labute approximate surface area is 168 Å². The van der Waals surface area contributed by atoms with E-state index in [1.54, 1.807) is 11.4 Å². The van der Waals surface area contributed by atoms with E-state index in [0.29, 0.717) is 10.6 Å². The van der Waals surface area contributed by atoms with Gasteiger partial charge in [0.25, 0.3) is 0 Å². The van der Waals surface area contributed by atoms with E-state index in [2.05, 4.69) is 4.98 Å². The Morgan fingerprint density at radius 3 is 2.46 bits per heavy atom. The molecule has 0 spiro atoms. The highest BCUT2D eigenvalue weighted by atomic mass is 32.1. The van der Waals surface area contributed by atoms with Gasteiger partial charge in [0, 0.05) is 10.9 Å². The summed E-state index contributed by atoms with van der Waals surface area (Å²) in [6.45, 7) is 5.73. The number of carbonyl (C=O) groups excluding carboxylic acids is 2. The maximum Gasteiger partial charge on any atom is 0.358 e. The summed E-state index contributed by atoms with van der Waals surface area (Å²) >= 11 is 1.31. The number of aromatic nitrogens is 1. The van der Waals surface area contributed by atoms with Crippen molar-refractivity contribution in [1.29, 1.82) is 0 Å². The number of rotatable bonds is 7. The van der Waals surface area contributed by atoms with Crippen LogP contribution in [0, 0.1) is 20.8 Å². The van der Waals surface area contributed by atoms with Gasteiger partial charge in [-0.3, -0.25) is 4.79 Å². The van der Waals surface area contributed by atoms with Crippen LogP contribution in [0.15, 0.2) is 47.8 Å². The summed E-state index contributed by atoms with van der Waals surface area (Å²) in [5.74, 6) is -0.103. The average Bonchev–Trinajstić information content (AvgIpc) is 3.16. The first kappa shape index (κ1) is 19.8. The normalized spacial score (nSPS) is 10.5. The van der Waals surface area contributed by atoms with Crippen LogP contribution in [0.1, 0.15) is 42.5 Å². The predicted octanol–water partition coefficient (Wildman–Crippen LogP) is 4.69. The summed E-state index contributed by atoms with van der Waals surface area (Å²) in [6, 6.07) is 13.3. The van der Waals surface area contributed by atoms with Crippen molar-refractivity contribution in [3.8, 4) is 5.75 Å². The number of benzene rings is 2. The first-order chi connectivity index (χ1) is 13.4. The summed E-state index contributed by atoms with van der Waals surface area (Å²) in [7, 11) is 0. The van der Waals surface area contributed by atoms with E-state index in [1.807, 2.05) is 57.2 Å². The zero-order valence-corrected chi connectivity index (χ0v) is 16.8. The smallest absolute Gasteiger partial charge is 0.358 e. The van der Waals surface area contributed by atoms with E-state index in [9.17, 15) is 9.59 Å². The van der Waals surface area contributed by atoms with Gasteiger partial charge in [-0.15, -0.1) is 11.3 Å². The second-order valence-corrected chi connectivity index (χ2v) is 7.49. The van der Waals surface area contributed by atoms with Crippen LogP contribution in [0.2, 0.25) is 0 Å². The average molecular weight is 395 g/mol. The highest BCUT2D eigenvalue weighted by molar-refractivity contribution is 7.09. The maximum atomic E-state index is 12.3. The molecule has 0 saturated carbocycles. The van der Waals surface area contributed by atoms with E-state index in [4.69, 9.17) is 9.47 Å². The molecule has 144 valence electrons. The highest BCUT2D eigenvalue weighted by Crippen LogP contribution is 2.17. The number of hydrogen-bond acceptors (Lipinski definition) is 6. The van der Waals surface area contributed by atoms with E-state index in [1.165, 1.54) is 11.3 Å². The van der Waals surface area contributed by atoms with Crippen LogP contribution in [0.3, 0.4) is 0 Å². The zero-order valence-electron chi connectivity index (χ0n) is 16.0. The molecule has 2 aromatic carbocycles. The number of thiazole rings is 1. The molecule has 3 rings (SSSR count). The molecule has 0 atom stereocenters. The fourth-order valence-electron chi connectivity index (χ4n) is 2.57. The van der Waals surface area contributed by atoms with Crippen molar-refractivity contribution < 1.29 is 19.1 Å². The van der Waals surface area contributed by atoms with Crippen molar-refractivity contribution in [3.63, 3.8) is 0 Å². The second-order valence-electron chi connectivity index (χ2n) is 6.55. The lowest BCUT2D eigenvalue weighted by molar-refractivity contribution is 0.0469. The lowest BCUT2D eigenvalue weighted by Crippen LogP contribution is -2.15. The fourth-order valence-corrected chi connectivity index (χ4v) is 3.24. The fraction of sp³-hybridized carbons (Fsp3) is 0.227. The molecule has 0 aliphatic carbocycles. The molecule has 0 bridgehead atoms. The summed E-state index contributed by atoms with van der Waals surface area (Å²) in [5.41, 5.74) is 3.75. The van der Waals surface area contributed by atoms with Crippen LogP contribution < -0.4 is 4.74 Å². The van der Waals surface area contributed by atoms with Crippen molar-refractivity contribution in [1.82, 2.24) is 4.98 Å². The number of ether oxygens (including phenoxy) is 2. The first-order valence-electron chi connectivity index (χ1n) is 8.84. The van der Waals surface area contributed by atoms with Gasteiger partial charge < -0.3 is 9.47 Å². The maximum absolute atomic E-state index is 12.3. The third-order valence-electron chi connectivity index (χ3n) is 4.17. The van der Waals surface area contributed by atoms with Gasteiger partial charge in [-0.2, -0.15) is 0 Å². The van der Waals surface area contributed by atoms with Gasteiger partial charge in [-0.05, 0) is 44.5 Å². The zero-order chi connectivity index (χ0) is 20.1. The van der Waals surface area contributed by atoms with E-state index < -0.39 is 5.97 Å². The second kappa shape index (κ2) is 8.80. The Balaban J connectivity index is 1.54. The van der Waals surface area contributed by atoms with Gasteiger partial charge >= 0.3 is 5.97 Å². The van der Waals surface area contributed by atoms with Crippen LogP contribution >= 0.6 is 11.3 Å². The van der Waals surface area contributed by atoms with Crippen LogP contribution in [0.5, 0.6) is 5.75 Å². The molecule has 0 saturated heterocycles. The largest absolute Gasteiger partial charge is 0.486 e. The molecule has 1 heterocycles. The van der Waals surface area contributed by atoms with Gasteiger partial charge in [0.2, 0.25) is 5.78 Å². The van der Waals surface area contributed by atoms with E-state index in [-0.39, 0.29) is 24.7 Å². The number of carbonyl (C=O) groups is 2. The molecule has 0 aliphatic rings. The third-order valence-corrected chi connectivity index (χ3v) is 4.99. The molecular weight excluding hydrogens is 374 g/mol. The molecule has 3 aromatic rings. The quantitative estimate of drug-likeness (QED) is 0.429. The van der Waals surface area contributed by atoms with Crippen molar-refractivity contribution >= 4 is 23.1 Å². The van der Waals surface area contributed by atoms with E-state index in [0.717, 1.165) is 22.4 Å². The predicted molar refractivity (Wildman–Crippen MR) is 108 cm³/mol. The Bertz CT molecular complexity index is 992. The molecule has 0 unspecified atom stereocenters. The van der Waals surface area contributed by atoms with Gasteiger partial charge in [-0.1, -0.05) is 35.4 Å². The Morgan fingerprint density at radius 1 is 1.00 bits per heavy atom. The summed E-state index contributed by atoms with van der Waals surface area (Å²) in [6.07, 6.45) is 0. The molecule has 1 aromatic heterocycles. The number of Topliss-reactive ketones (excluding diaryl/α,β-unsaturated/α-hetero) is 1. The number of aryl methyl sites for hydroxylation is 3. The van der Waals surface area contributed by atoms with Crippen LogP contribution in [-0.2, 0) is 11.3 Å². The first-order valence-corrected chi connectivity index (χ1v) is 9.72. The van der Waals surface area contributed by atoms with Gasteiger partial charge in [0.15, 0.2) is 12.3 Å². The summed E-state index contributed by atoms with van der Waals surface area (Å²) < 4.78 is 10.8. The third kappa shape index (κ3) is 5.04. The molecule has 0 amide bonds. The summed E-state index contributed by atoms with van der Waals surface area (Å²) in [5, 5.41) is 2.27. The number of esters is 1.